The van der Waals surface area contributed by atoms with Gasteiger partial charge in [-0.05, 0) is 54.8 Å². The third-order valence-corrected chi connectivity index (χ3v) is 5.59. The first-order chi connectivity index (χ1) is 14.6. The Morgan fingerprint density at radius 3 is 2.80 bits per heavy atom. The Kier molecular flexibility index (Phi) is 6.16. The minimum atomic E-state index is -0.326. The number of fused-ring (bicyclic) bond motifs is 3. The number of amides is 1. The third-order valence-electron chi connectivity index (χ3n) is 5.36. The zero-order valence-corrected chi connectivity index (χ0v) is 17.6. The Morgan fingerprint density at radius 2 is 2.07 bits per heavy atom. The highest BCUT2D eigenvalue weighted by Gasteiger charge is 2.35. The summed E-state index contributed by atoms with van der Waals surface area (Å²) in [6.45, 7) is 3.26. The molecule has 0 fully saturated rings. The maximum absolute atomic E-state index is 12.7. The topological polar surface area (TPSA) is 74.8 Å². The van der Waals surface area contributed by atoms with E-state index in [0.717, 1.165) is 34.3 Å². The molecule has 1 atom stereocenters. The molecule has 4 rings (SSSR count). The summed E-state index contributed by atoms with van der Waals surface area (Å²) in [7, 11) is 0. The van der Waals surface area contributed by atoms with Gasteiger partial charge in [0.1, 0.15) is 11.8 Å². The number of aliphatic hydroxyl groups is 1. The lowest BCUT2D eigenvalue weighted by molar-refractivity contribution is 0.0932. The number of halogens is 1. The van der Waals surface area contributed by atoms with Crippen LogP contribution in [0.5, 0.6) is 5.75 Å². The number of benzene rings is 2. The van der Waals surface area contributed by atoms with Gasteiger partial charge < -0.3 is 19.6 Å². The number of hydrogen-bond donors (Lipinski definition) is 2. The fraction of sp³-hybridized carbons (Fsp3) is 0.348. The van der Waals surface area contributed by atoms with E-state index in [9.17, 15) is 4.79 Å². The van der Waals surface area contributed by atoms with Gasteiger partial charge in [-0.2, -0.15) is 0 Å². The monoisotopic (exact) mass is 428 g/mol. The van der Waals surface area contributed by atoms with E-state index in [0.29, 0.717) is 31.2 Å². The third kappa shape index (κ3) is 3.98. The van der Waals surface area contributed by atoms with Crippen LogP contribution in [-0.4, -0.2) is 47.4 Å². The molecule has 7 heteroatoms. The Hall–Kier alpha value is -2.70. The molecule has 158 valence electrons. The molecule has 0 saturated heterocycles. The van der Waals surface area contributed by atoms with Crippen molar-refractivity contribution in [3.05, 3.63) is 64.3 Å². The second-order valence-corrected chi connectivity index (χ2v) is 7.68. The Balaban J connectivity index is 1.73. The maximum Gasteiger partial charge on any atom is 0.410 e. The van der Waals surface area contributed by atoms with Crippen LogP contribution in [0, 0.1) is 0 Å². The van der Waals surface area contributed by atoms with Crippen LogP contribution in [-0.2, 0) is 11.2 Å². The molecule has 2 N–H and O–H groups in total. The Bertz CT molecular complexity index is 1030. The number of aliphatic hydroxyl groups excluding tert-OH is 1. The number of carbonyl (C=O) groups excluding carboxylic acids is 1. The van der Waals surface area contributed by atoms with Crippen molar-refractivity contribution >= 4 is 28.6 Å². The summed E-state index contributed by atoms with van der Waals surface area (Å²) in [5.41, 5.74) is 4.14. The van der Waals surface area contributed by atoms with E-state index in [1.54, 1.807) is 4.90 Å². The maximum atomic E-state index is 12.7. The van der Waals surface area contributed by atoms with Crippen molar-refractivity contribution < 1.29 is 19.4 Å². The van der Waals surface area contributed by atoms with E-state index >= 15 is 0 Å². The highest BCUT2D eigenvalue weighted by Crippen LogP contribution is 2.39. The van der Waals surface area contributed by atoms with Gasteiger partial charge in [0.05, 0.1) is 13.2 Å². The summed E-state index contributed by atoms with van der Waals surface area (Å²) < 4.78 is 11.0. The van der Waals surface area contributed by atoms with Gasteiger partial charge in [-0.1, -0.05) is 23.7 Å². The van der Waals surface area contributed by atoms with Crippen LogP contribution in [0.15, 0.2) is 42.5 Å². The first-order valence-corrected chi connectivity index (χ1v) is 10.6. The minimum absolute atomic E-state index is 0.0990. The van der Waals surface area contributed by atoms with Crippen molar-refractivity contribution in [3.8, 4) is 5.75 Å². The second kappa shape index (κ2) is 8.98. The largest absolute Gasteiger partial charge is 0.494 e. The molecule has 0 bridgehead atoms. The van der Waals surface area contributed by atoms with Gasteiger partial charge in [-0.25, -0.2) is 4.79 Å². The van der Waals surface area contributed by atoms with E-state index in [1.165, 1.54) is 5.56 Å². The molecule has 30 heavy (non-hydrogen) atoms. The lowest BCUT2D eigenvalue weighted by Crippen LogP contribution is -2.40. The number of nitrogens with one attached hydrogen (secondary N) is 1. The van der Waals surface area contributed by atoms with E-state index < -0.39 is 0 Å². The smallest absolute Gasteiger partial charge is 0.410 e. The predicted octanol–water partition coefficient (Wildman–Crippen LogP) is 4.69. The predicted molar refractivity (Wildman–Crippen MR) is 116 cm³/mol. The fourth-order valence-corrected chi connectivity index (χ4v) is 4.18. The fourth-order valence-electron chi connectivity index (χ4n) is 4.01. The summed E-state index contributed by atoms with van der Waals surface area (Å²) in [5, 5.41) is 10.7. The highest BCUT2D eigenvalue weighted by atomic mass is 35.5. The number of carbonyl (C=O) groups is 1. The van der Waals surface area contributed by atoms with E-state index in [1.807, 2.05) is 49.4 Å². The Morgan fingerprint density at radius 1 is 1.27 bits per heavy atom. The van der Waals surface area contributed by atoms with E-state index in [-0.39, 0.29) is 18.7 Å². The second-order valence-electron chi connectivity index (χ2n) is 7.25. The van der Waals surface area contributed by atoms with E-state index in [2.05, 4.69) is 4.98 Å². The number of aromatic amines is 1. The van der Waals surface area contributed by atoms with Crippen molar-refractivity contribution in [1.29, 1.82) is 0 Å². The zero-order chi connectivity index (χ0) is 21.1. The van der Waals surface area contributed by atoms with Gasteiger partial charge in [0.25, 0.3) is 0 Å². The van der Waals surface area contributed by atoms with Crippen molar-refractivity contribution in [1.82, 2.24) is 9.88 Å². The number of nitrogens with zero attached hydrogens (tertiary/aromatic N) is 1. The first kappa shape index (κ1) is 20.6. The molecule has 1 aliphatic rings. The summed E-state index contributed by atoms with van der Waals surface area (Å²) in [6.07, 6.45) is 0.989. The normalized spacial score (nSPS) is 15.8. The summed E-state index contributed by atoms with van der Waals surface area (Å²) in [5.74, 6) is 0.731. The number of hydrogen-bond acceptors (Lipinski definition) is 4. The SMILES string of the molecule is CCOC(=O)N1CCc2c([nH]c3ccc(Cl)cc23)C1c1ccc(OCCCO)cc1. The van der Waals surface area contributed by atoms with Crippen molar-refractivity contribution in [2.45, 2.75) is 25.8 Å². The lowest BCUT2D eigenvalue weighted by atomic mass is 9.92. The molecular formula is C23H25ClN2O4. The summed E-state index contributed by atoms with van der Waals surface area (Å²) in [6, 6.07) is 13.3. The molecule has 2 heterocycles. The molecule has 0 spiro atoms. The molecule has 0 radical (unpaired) electrons. The van der Waals surface area contributed by atoms with Crippen LogP contribution in [0.3, 0.4) is 0 Å². The first-order valence-electron chi connectivity index (χ1n) is 10.2. The van der Waals surface area contributed by atoms with Crippen molar-refractivity contribution in [3.63, 3.8) is 0 Å². The molecular weight excluding hydrogens is 404 g/mol. The molecule has 0 saturated carbocycles. The zero-order valence-electron chi connectivity index (χ0n) is 16.9. The van der Waals surface area contributed by atoms with Crippen LogP contribution in [0.2, 0.25) is 5.02 Å². The quantitative estimate of drug-likeness (QED) is 0.559. The van der Waals surface area contributed by atoms with Gasteiger partial charge in [-0.15, -0.1) is 0 Å². The lowest BCUT2D eigenvalue weighted by Gasteiger charge is -2.35. The standard InChI is InChI=1S/C23H25ClN2O4/c1-2-29-23(28)26-11-10-18-19-14-16(24)6-9-20(19)25-21(18)22(26)15-4-7-17(8-5-15)30-13-3-12-27/h4-9,14,22,25,27H,2-3,10-13H2,1H3. The molecule has 1 aromatic heterocycles. The van der Waals surface area contributed by atoms with Gasteiger partial charge >= 0.3 is 6.09 Å². The van der Waals surface area contributed by atoms with Crippen LogP contribution >= 0.6 is 11.6 Å². The summed E-state index contributed by atoms with van der Waals surface area (Å²) >= 11 is 6.23. The molecule has 6 nitrogen and oxygen atoms in total. The Labute approximate surface area is 180 Å². The van der Waals surface area contributed by atoms with Gasteiger partial charge in [0.2, 0.25) is 0 Å². The number of H-pyrrole nitrogens is 1. The average Bonchev–Trinajstić information content (AvgIpc) is 3.12. The number of rotatable bonds is 6. The van der Waals surface area contributed by atoms with Crippen LogP contribution < -0.4 is 4.74 Å². The number of ether oxygens (including phenoxy) is 2. The van der Waals surface area contributed by atoms with Gasteiger partial charge in [0.15, 0.2) is 0 Å². The van der Waals surface area contributed by atoms with Crippen molar-refractivity contribution in [2.24, 2.45) is 0 Å². The van der Waals surface area contributed by atoms with Gasteiger partial charge in [-0.3, -0.25) is 4.90 Å². The number of aromatic nitrogens is 1. The van der Waals surface area contributed by atoms with Crippen LogP contribution in [0.1, 0.15) is 36.2 Å². The molecule has 3 aromatic rings. The average molecular weight is 429 g/mol. The molecule has 1 unspecified atom stereocenters. The molecule has 1 aliphatic heterocycles. The van der Waals surface area contributed by atoms with Crippen LogP contribution in [0.25, 0.3) is 10.9 Å². The highest BCUT2D eigenvalue weighted by molar-refractivity contribution is 6.31. The minimum Gasteiger partial charge on any atom is -0.494 e. The van der Waals surface area contributed by atoms with Crippen molar-refractivity contribution in [2.75, 3.05) is 26.4 Å². The van der Waals surface area contributed by atoms with E-state index in [4.69, 9.17) is 26.2 Å². The molecule has 2 aromatic carbocycles. The molecule has 0 aliphatic carbocycles. The van der Waals surface area contributed by atoms with Crippen LogP contribution in [0.4, 0.5) is 4.79 Å². The molecule has 1 amide bonds. The van der Waals surface area contributed by atoms with Gasteiger partial charge in [0, 0.05) is 41.2 Å². The summed E-state index contributed by atoms with van der Waals surface area (Å²) in [4.78, 5) is 18.0.